The van der Waals surface area contributed by atoms with Crippen LogP contribution in [0.2, 0.25) is 0 Å². The number of hydrogen-bond donors (Lipinski definition) is 1. The minimum atomic E-state index is -0.555. The number of benzene rings is 3. The van der Waals surface area contributed by atoms with Crippen molar-refractivity contribution in [1.29, 1.82) is 0 Å². The Hall–Kier alpha value is -2.55. The summed E-state index contributed by atoms with van der Waals surface area (Å²) >= 11 is 0. The van der Waals surface area contributed by atoms with Gasteiger partial charge in [0.2, 0.25) is 0 Å². The van der Waals surface area contributed by atoms with E-state index in [1.54, 1.807) is 0 Å². The molecule has 0 fully saturated rings. The molecule has 118 valence electrons. The number of aromatic hydroxyl groups is 1. The predicted octanol–water partition coefficient (Wildman–Crippen LogP) is 5.04. The number of esters is 1. The maximum Gasteiger partial charge on any atom is 0.316 e. The van der Waals surface area contributed by atoms with E-state index in [1.165, 1.54) is 0 Å². The van der Waals surface area contributed by atoms with Crippen LogP contribution in [0.5, 0.6) is 11.5 Å². The van der Waals surface area contributed by atoms with Crippen molar-refractivity contribution in [3.63, 3.8) is 0 Å². The van der Waals surface area contributed by atoms with Crippen LogP contribution in [0, 0.1) is 5.41 Å². The Morgan fingerprint density at radius 1 is 0.957 bits per heavy atom. The van der Waals surface area contributed by atoms with E-state index in [2.05, 4.69) is 0 Å². The number of carbonyl (C=O) groups excluding carboxylic acids is 1. The zero-order valence-corrected chi connectivity index (χ0v) is 13.6. The van der Waals surface area contributed by atoms with Crippen molar-refractivity contribution in [2.24, 2.45) is 5.41 Å². The fraction of sp³-hybridized carbons (Fsp3) is 0.250. The maximum absolute atomic E-state index is 12.6. The van der Waals surface area contributed by atoms with Gasteiger partial charge in [0.05, 0.1) is 5.41 Å². The van der Waals surface area contributed by atoms with Gasteiger partial charge in [-0.2, -0.15) is 0 Å². The molecular formula is C20H20O3. The first-order valence-electron chi connectivity index (χ1n) is 7.80. The van der Waals surface area contributed by atoms with Crippen molar-refractivity contribution in [2.45, 2.75) is 27.2 Å². The first-order valence-corrected chi connectivity index (χ1v) is 7.80. The molecule has 3 aromatic carbocycles. The van der Waals surface area contributed by atoms with Gasteiger partial charge in [0.15, 0.2) is 0 Å². The van der Waals surface area contributed by atoms with E-state index in [-0.39, 0.29) is 11.7 Å². The largest absolute Gasteiger partial charge is 0.507 e. The molecule has 0 heterocycles. The number of phenols is 1. The molecule has 0 bridgehead atoms. The number of phenolic OH excluding ortho intramolecular Hbond substituents is 1. The first kappa shape index (κ1) is 15.3. The standard InChI is InChI=1S/C20H20O3/c1-4-20(2,3)19(22)23-18-15-11-7-5-9-13(15)17(21)14-10-6-8-12-16(14)18/h5-12,21H,4H2,1-3H3. The summed E-state index contributed by atoms with van der Waals surface area (Å²) in [6, 6.07) is 14.9. The van der Waals surface area contributed by atoms with Gasteiger partial charge in [-0.1, -0.05) is 55.5 Å². The minimum absolute atomic E-state index is 0.214. The van der Waals surface area contributed by atoms with Crippen LogP contribution in [-0.4, -0.2) is 11.1 Å². The van der Waals surface area contributed by atoms with Gasteiger partial charge in [0, 0.05) is 21.5 Å². The zero-order chi connectivity index (χ0) is 16.6. The van der Waals surface area contributed by atoms with Crippen molar-refractivity contribution in [3.05, 3.63) is 48.5 Å². The molecule has 1 N–H and O–H groups in total. The van der Waals surface area contributed by atoms with Gasteiger partial charge >= 0.3 is 5.97 Å². The summed E-state index contributed by atoms with van der Waals surface area (Å²) in [5.41, 5.74) is -0.555. The second kappa shape index (κ2) is 5.58. The number of rotatable bonds is 3. The summed E-state index contributed by atoms with van der Waals surface area (Å²) < 4.78 is 5.80. The third-order valence-electron chi connectivity index (χ3n) is 4.48. The molecule has 0 unspecified atom stereocenters. The second-order valence-electron chi connectivity index (χ2n) is 6.40. The van der Waals surface area contributed by atoms with Gasteiger partial charge < -0.3 is 9.84 Å². The van der Waals surface area contributed by atoms with Crippen LogP contribution < -0.4 is 4.74 Å². The van der Waals surface area contributed by atoms with E-state index in [9.17, 15) is 9.90 Å². The fourth-order valence-electron chi connectivity index (χ4n) is 2.55. The van der Waals surface area contributed by atoms with Crippen molar-refractivity contribution in [1.82, 2.24) is 0 Å². The molecule has 3 aromatic rings. The predicted molar refractivity (Wildman–Crippen MR) is 92.8 cm³/mol. The van der Waals surface area contributed by atoms with E-state index < -0.39 is 5.41 Å². The van der Waals surface area contributed by atoms with E-state index >= 15 is 0 Å². The van der Waals surface area contributed by atoms with Gasteiger partial charge in [0.1, 0.15) is 11.5 Å². The van der Waals surface area contributed by atoms with Crippen LogP contribution in [-0.2, 0) is 4.79 Å². The Balaban J connectivity index is 2.29. The molecule has 0 spiro atoms. The second-order valence-corrected chi connectivity index (χ2v) is 6.40. The molecule has 0 saturated heterocycles. The first-order chi connectivity index (χ1) is 11.0. The van der Waals surface area contributed by atoms with Crippen molar-refractivity contribution in [2.75, 3.05) is 0 Å². The summed E-state index contributed by atoms with van der Waals surface area (Å²) in [5, 5.41) is 13.4. The Morgan fingerprint density at radius 3 is 1.83 bits per heavy atom. The highest BCUT2D eigenvalue weighted by Gasteiger charge is 2.29. The quantitative estimate of drug-likeness (QED) is 0.419. The molecule has 3 nitrogen and oxygen atoms in total. The molecule has 0 amide bonds. The lowest BCUT2D eigenvalue weighted by molar-refractivity contribution is -0.143. The third kappa shape index (κ3) is 2.52. The Kier molecular flexibility index (Phi) is 3.72. The van der Waals surface area contributed by atoms with Crippen LogP contribution in [0.15, 0.2) is 48.5 Å². The summed E-state index contributed by atoms with van der Waals surface area (Å²) in [4.78, 5) is 12.6. The molecule has 0 aliphatic rings. The molecule has 0 aliphatic heterocycles. The molecule has 0 radical (unpaired) electrons. The van der Waals surface area contributed by atoms with Crippen LogP contribution in [0.3, 0.4) is 0 Å². The third-order valence-corrected chi connectivity index (χ3v) is 4.48. The lowest BCUT2D eigenvalue weighted by Gasteiger charge is -2.22. The SMILES string of the molecule is CCC(C)(C)C(=O)Oc1c2ccccc2c(O)c2ccccc12. The molecule has 0 saturated carbocycles. The Labute approximate surface area is 135 Å². The smallest absolute Gasteiger partial charge is 0.316 e. The van der Waals surface area contributed by atoms with E-state index in [1.807, 2.05) is 69.3 Å². The molecule has 0 aliphatic carbocycles. The molecule has 23 heavy (non-hydrogen) atoms. The number of ether oxygens (including phenoxy) is 1. The van der Waals surface area contributed by atoms with Crippen molar-refractivity contribution >= 4 is 27.5 Å². The average Bonchev–Trinajstić information content (AvgIpc) is 2.58. The molecular weight excluding hydrogens is 288 g/mol. The van der Waals surface area contributed by atoms with Gasteiger partial charge in [0.25, 0.3) is 0 Å². The van der Waals surface area contributed by atoms with E-state index in [4.69, 9.17) is 4.74 Å². The lowest BCUT2D eigenvalue weighted by atomic mass is 9.90. The average molecular weight is 308 g/mol. The minimum Gasteiger partial charge on any atom is -0.507 e. The van der Waals surface area contributed by atoms with Crippen LogP contribution in [0.25, 0.3) is 21.5 Å². The maximum atomic E-state index is 12.6. The summed E-state index contributed by atoms with van der Waals surface area (Å²) in [5.74, 6) is 0.465. The van der Waals surface area contributed by atoms with Crippen molar-refractivity contribution < 1.29 is 14.6 Å². The van der Waals surface area contributed by atoms with Crippen LogP contribution in [0.4, 0.5) is 0 Å². The van der Waals surface area contributed by atoms with Gasteiger partial charge in [-0.15, -0.1) is 0 Å². The highest BCUT2D eigenvalue weighted by atomic mass is 16.5. The van der Waals surface area contributed by atoms with Gasteiger partial charge in [-0.05, 0) is 20.3 Å². The number of hydrogen-bond acceptors (Lipinski definition) is 3. The number of fused-ring (bicyclic) bond motifs is 2. The van der Waals surface area contributed by atoms with Crippen molar-refractivity contribution in [3.8, 4) is 11.5 Å². The van der Waals surface area contributed by atoms with Crippen LogP contribution in [0.1, 0.15) is 27.2 Å². The van der Waals surface area contributed by atoms with Crippen LogP contribution >= 0.6 is 0 Å². The highest BCUT2D eigenvalue weighted by molar-refractivity contribution is 6.11. The molecule has 0 aromatic heterocycles. The summed E-state index contributed by atoms with van der Waals surface area (Å²) in [6.45, 7) is 5.72. The van der Waals surface area contributed by atoms with Gasteiger partial charge in [-0.25, -0.2) is 0 Å². The molecule has 3 rings (SSSR count). The monoisotopic (exact) mass is 308 g/mol. The zero-order valence-electron chi connectivity index (χ0n) is 13.6. The Morgan fingerprint density at radius 2 is 1.39 bits per heavy atom. The summed E-state index contributed by atoms with van der Waals surface area (Å²) in [6.07, 6.45) is 0.694. The Bertz CT molecular complexity index is 837. The molecule has 0 atom stereocenters. The van der Waals surface area contributed by atoms with Gasteiger partial charge in [-0.3, -0.25) is 4.79 Å². The van der Waals surface area contributed by atoms with E-state index in [0.717, 1.165) is 10.8 Å². The summed E-state index contributed by atoms with van der Waals surface area (Å²) in [7, 11) is 0. The topological polar surface area (TPSA) is 46.5 Å². The number of carbonyl (C=O) groups is 1. The molecule has 3 heteroatoms. The highest BCUT2D eigenvalue weighted by Crippen LogP contribution is 2.42. The normalized spacial score (nSPS) is 11.8. The lowest BCUT2D eigenvalue weighted by Crippen LogP contribution is -2.28. The van der Waals surface area contributed by atoms with E-state index in [0.29, 0.717) is 22.9 Å². The fourth-order valence-corrected chi connectivity index (χ4v) is 2.55.